The molecule has 1 aliphatic rings. The number of amides is 1. The van der Waals surface area contributed by atoms with Crippen molar-refractivity contribution in [3.63, 3.8) is 0 Å². The van der Waals surface area contributed by atoms with E-state index in [1.54, 1.807) is 22.5 Å². The second-order valence-corrected chi connectivity index (χ2v) is 10.1. The maximum absolute atomic E-state index is 14.7. The number of halogens is 2. The Bertz CT molecular complexity index is 1240. The van der Waals surface area contributed by atoms with Crippen molar-refractivity contribution in [3.05, 3.63) is 64.6 Å². The van der Waals surface area contributed by atoms with Crippen LogP contribution in [0.15, 0.2) is 42.5 Å². The number of piperidine rings is 1. The zero-order valence-electron chi connectivity index (χ0n) is 20.4. The van der Waals surface area contributed by atoms with Gasteiger partial charge in [0.15, 0.2) is 0 Å². The van der Waals surface area contributed by atoms with Gasteiger partial charge >= 0.3 is 12.1 Å². The van der Waals surface area contributed by atoms with Gasteiger partial charge in [-0.1, -0.05) is 29.8 Å². The minimum atomic E-state index is -0.578. The Labute approximate surface area is 209 Å². The molecule has 1 aliphatic heterocycles. The number of likely N-dealkylation sites (tertiary alicyclic amines) is 1. The summed E-state index contributed by atoms with van der Waals surface area (Å²) in [5.41, 5.74) is 1.90. The van der Waals surface area contributed by atoms with E-state index in [-0.39, 0.29) is 23.6 Å². The van der Waals surface area contributed by atoms with Crippen LogP contribution in [0, 0.1) is 5.82 Å². The van der Waals surface area contributed by atoms with Crippen molar-refractivity contribution >= 4 is 34.6 Å². The van der Waals surface area contributed by atoms with Crippen LogP contribution < -0.4 is 0 Å². The number of fused-ring (bicyclic) bond motifs is 1. The largest absolute Gasteiger partial charge is 0.461 e. The Hall–Kier alpha value is -3.06. The highest BCUT2D eigenvalue weighted by Gasteiger charge is 2.34. The number of ether oxygens (including phenoxy) is 2. The van der Waals surface area contributed by atoms with Crippen LogP contribution >= 0.6 is 11.6 Å². The van der Waals surface area contributed by atoms with Crippen LogP contribution in [0.5, 0.6) is 0 Å². The summed E-state index contributed by atoms with van der Waals surface area (Å²) >= 11 is 6.18. The van der Waals surface area contributed by atoms with Gasteiger partial charge in [-0.05, 0) is 76.3 Å². The molecule has 0 saturated carbocycles. The second kappa shape index (κ2) is 9.90. The number of benzene rings is 2. The monoisotopic (exact) mass is 500 g/mol. The lowest BCUT2D eigenvalue weighted by atomic mass is 9.87. The van der Waals surface area contributed by atoms with Gasteiger partial charge in [0.2, 0.25) is 0 Å². The number of hydrogen-bond donors (Lipinski definition) is 0. The topological polar surface area (TPSA) is 60.8 Å². The normalized spacial score (nSPS) is 14.9. The third-order valence-corrected chi connectivity index (χ3v) is 6.38. The Morgan fingerprint density at radius 2 is 1.77 bits per heavy atom. The average Bonchev–Trinajstić information content (AvgIpc) is 3.13. The molecule has 1 fully saturated rings. The van der Waals surface area contributed by atoms with Gasteiger partial charge in [0.1, 0.15) is 17.1 Å². The first-order valence-corrected chi connectivity index (χ1v) is 12.2. The zero-order chi connectivity index (χ0) is 25.3. The number of para-hydroxylation sites is 1. The number of carbonyl (C=O) groups is 2. The SMILES string of the molecule is CCOC(=O)c1c(C2CCN(C(=O)OC(C)(C)C)CC2)c2cc(F)c(Cl)cc2n1-c1ccccc1. The maximum atomic E-state index is 14.7. The highest BCUT2D eigenvalue weighted by molar-refractivity contribution is 6.31. The van der Waals surface area contributed by atoms with Gasteiger partial charge in [0.25, 0.3) is 0 Å². The molecule has 0 unspecified atom stereocenters. The molecule has 1 saturated heterocycles. The van der Waals surface area contributed by atoms with Gasteiger partial charge < -0.3 is 18.9 Å². The molecule has 2 heterocycles. The Balaban J connectivity index is 1.82. The maximum Gasteiger partial charge on any atom is 0.410 e. The summed E-state index contributed by atoms with van der Waals surface area (Å²) in [6.45, 7) is 8.40. The van der Waals surface area contributed by atoms with Crippen molar-refractivity contribution in [3.8, 4) is 5.69 Å². The first-order chi connectivity index (χ1) is 16.6. The molecule has 0 bridgehead atoms. The van der Waals surface area contributed by atoms with E-state index in [0.29, 0.717) is 42.5 Å². The minimum absolute atomic E-state index is 0.0196. The molecule has 0 N–H and O–H groups in total. The van der Waals surface area contributed by atoms with Gasteiger partial charge in [-0.15, -0.1) is 0 Å². The van der Waals surface area contributed by atoms with Crippen molar-refractivity contribution in [1.82, 2.24) is 9.47 Å². The van der Waals surface area contributed by atoms with E-state index < -0.39 is 17.4 Å². The number of rotatable bonds is 4. The van der Waals surface area contributed by atoms with Crippen LogP contribution in [0.25, 0.3) is 16.6 Å². The van der Waals surface area contributed by atoms with Crippen molar-refractivity contribution in [2.24, 2.45) is 0 Å². The third-order valence-electron chi connectivity index (χ3n) is 6.09. The summed E-state index contributed by atoms with van der Waals surface area (Å²) in [4.78, 5) is 27.6. The van der Waals surface area contributed by atoms with Crippen molar-refractivity contribution < 1.29 is 23.5 Å². The molecule has 1 amide bonds. The highest BCUT2D eigenvalue weighted by atomic mass is 35.5. The van der Waals surface area contributed by atoms with Gasteiger partial charge in [-0.25, -0.2) is 14.0 Å². The highest BCUT2D eigenvalue weighted by Crippen LogP contribution is 2.41. The first kappa shape index (κ1) is 25.0. The molecule has 35 heavy (non-hydrogen) atoms. The number of hydrogen-bond acceptors (Lipinski definition) is 4. The van der Waals surface area contributed by atoms with Crippen LogP contribution in [-0.4, -0.2) is 46.8 Å². The summed E-state index contributed by atoms with van der Waals surface area (Å²) in [7, 11) is 0. The van der Waals surface area contributed by atoms with E-state index in [0.717, 1.165) is 11.3 Å². The minimum Gasteiger partial charge on any atom is -0.461 e. The number of carbonyl (C=O) groups excluding carboxylic acids is 2. The molecule has 3 aromatic rings. The van der Waals surface area contributed by atoms with Crippen LogP contribution in [0.3, 0.4) is 0 Å². The van der Waals surface area contributed by atoms with E-state index in [4.69, 9.17) is 21.1 Å². The van der Waals surface area contributed by atoms with Crippen LogP contribution in [0.1, 0.15) is 62.5 Å². The summed E-state index contributed by atoms with van der Waals surface area (Å²) in [6, 6.07) is 12.4. The molecular formula is C27H30ClFN2O4. The fourth-order valence-corrected chi connectivity index (χ4v) is 4.80. The van der Waals surface area contributed by atoms with Gasteiger partial charge in [0, 0.05) is 24.2 Å². The van der Waals surface area contributed by atoms with Crippen molar-refractivity contribution in [2.45, 2.75) is 52.1 Å². The van der Waals surface area contributed by atoms with Gasteiger partial charge in [-0.2, -0.15) is 0 Å². The molecule has 2 aromatic carbocycles. The van der Waals surface area contributed by atoms with Gasteiger partial charge in [-0.3, -0.25) is 0 Å². The molecule has 0 radical (unpaired) electrons. The predicted molar refractivity (Wildman–Crippen MR) is 134 cm³/mol. The summed E-state index contributed by atoms with van der Waals surface area (Å²) < 4.78 is 27.5. The van der Waals surface area contributed by atoms with E-state index in [9.17, 15) is 14.0 Å². The number of nitrogens with zero attached hydrogens (tertiary/aromatic N) is 2. The van der Waals surface area contributed by atoms with E-state index in [2.05, 4.69) is 0 Å². The standard InChI is InChI=1S/C27H30ClFN2O4/c1-5-34-25(32)24-23(17-11-13-30(14-12-17)26(33)35-27(2,3)4)19-15-21(29)20(28)16-22(19)31(24)18-9-7-6-8-10-18/h6-10,15-17H,5,11-14H2,1-4H3. The van der Waals surface area contributed by atoms with E-state index >= 15 is 0 Å². The Kier molecular flexibility index (Phi) is 7.08. The van der Waals surface area contributed by atoms with E-state index in [1.807, 2.05) is 51.1 Å². The molecule has 4 rings (SSSR count). The fraction of sp³-hybridized carbons (Fsp3) is 0.407. The smallest absolute Gasteiger partial charge is 0.410 e. The number of esters is 1. The van der Waals surface area contributed by atoms with E-state index in [1.165, 1.54) is 6.07 Å². The molecule has 8 heteroatoms. The van der Waals surface area contributed by atoms with Crippen LogP contribution in [0.4, 0.5) is 9.18 Å². The van der Waals surface area contributed by atoms with Crippen molar-refractivity contribution in [1.29, 1.82) is 0 Å². The lowest BCUT2D eigenvalue weighted by Crippen LogP contribution is -2.41. The lowest BCUT2D eigenvalue weighted by Gasteiger charge is -2.33. The summed E-state index contributed by atoms with van der Waals surface area (Å²) in [5, 5.41) is 0.600. The van der Waals surface area contributed by atoms with Crippen LogP contribution in [-0.2, 0) is 9.47 Å². The van der Waals surface area contributed by atoms with Crippen molar-refractivity contribution in [2.75, 3.05) is 19.7 Å². The second-order valence-electron chi connectivity index (χ2n) is 9.68. The fourth-order valence-electron chi connectivity index (χ4n) is 4.64. The molecule has 1 aromatic heterocycles. The van der Waals surface area contributed by atoms with Gasteiger partial charge in [0.05, 0.1) is 17.1 Å². The molecule has 0 aliphatic carbocycles. The first-order valence-electron chi connectivity index (χ1n) is 11.8. The molecule has 0 spiro atoms. The molecule has 186 valence electrons. The third kappa shape index (κ3) is 5.15. The Morgan fingerprint density at radius 1 is 1.11 bits per heavy atom. The number of aromatic nitrogens is 1. The predicted octanol–water partition coefficient (Wildman–Crippen LogP) is 6.71. The lowest BCUT2D eigenvalue weighted by molar-refractivity contribution is 0.0203. The summed E-state index contributed by atoms with van der Waals surface area (Å²) in [6.07, 6.45) is 0.847. The molecular weight excluding hydrogens is 471 g/mol. The quantitative estimate of drug-likeness (QED) is 0.373. The summed E-state index contributed by atoms with van der Waals surface area (Å²) in [5.74, 6) is -1.11. The van der Waals surface area contributed by atoms with Crippen LogP contribution in [0.2, 0.25) is 5.02 Å². The zero-order valence-corrected chi connectivity index (χ0v) is 21.2. The molecule has 0 atom stereocenters. The Morgan fingerprint density at radius 3 is 2.37 bits per heavy atom. The molecule has 6 nitrogen and oxygen atoms in total. The average molecular weight is 501 g/mol.